The summed E-state index contributed by atoms with van der Waals surface area (Å²) < 4.78 is 0. The quantitative estimate of drug-likeness (QED) is 0.892. The van der Waals surface area contributed by atoms with Gasteiger partial charge >= 0.3 is 0 Å². The minimum atomic E-state index is 0.553. The molecule has 2 aliphatic heterocycles. The second kappa shape index (κ2) is 5.54. The summed E-state index contributed by atoms with van der Waals surface area (Å²) in [4.78, 5) is 2.65. The lowest BCUT2D eigenvalue weighted by Gasteiger charge is -2.41. The number of hydrogen-bond donors (Lipinski definition) is 1. The Morgan fingerprint density at radius 2 is 2.00 bits per heavy atom. The van der Waals surface area contributed by atoms with Crippen LogP contribution in [0, 0.1) is 5.41 Å². The Kier molecular flexibility index (Phi) is 3.79. The molecule has 0 bridgehead atoms. The van der Waals surface area contributed by atoms with E-state index < -0.39 is 0 Å². The topological polar surface area (TPSA) is 15.3 Å². The highest BCUT2D eigenvalue weighted by atomic mass is 15.2. The van der Waals surface area contributed by atoms with Gasteiger partial charge in [-0.3, -0.25) is 0 Å². The Morgan fingerprint density at radius 1 is 1.21 bits per heavy atom. The van der Waals surface area contributed by atoms with Crippen molar-refractivity contribution >= 4 is 5.69 Å². The molecule has 2 heterocycles. The van der Waals surface area contributed by atoms with E-state index in [2.05, 4.69) is 41.4 Å². The largest absolute Gasteiger partial charge is 0.370 e. The third-order valence-electron chi connectivity index (χ3n) is 4.95. The number of anilines is 1. The fourth-order valence-electron chi connectivity index (χ4n) is 3.95. The molecule has 1 N–H and O–H groups in total. The van der Waals surface area contributed by atoms with Gasteiger partial charge in [0, 0.05) is 18.8 Å². The maximum absolute atomic E-state index is 3.52. The molecule has 0 aromatic heterocycles. The van der Waals surface area contributed by atoms with E-state index in [4.69, 9.17) is 0 Å². The molecule has 19 heavy (non-hydrogen) atoms. The molecule has 1 fully saturated rings. The van der Waals surface area contributed by atoms with Crippen LogP contribution in [-0.2, 0) is 6.42 Å². The van der Waals surface area contributed by atoms with Crippen LogP contribution < -0.4 is 10.2 Å². The lowest BCUT2D eigenvalue weighted by Crippen LogP contribution is -2.44. The van der Waals surface area contributed by atoms with Gasteiger partial charge in [-0.05, 0) is 55.8 Å². The number of piperidine rings is 1. The van der Waals surface area contributed by atoms with Crippen molar-refractivity contribution < 1.29 is 0 Å². The van der Waals surface area contributed by atoms with E-state index in [1.54, 1.807) is 5.56 Å². The molecular weight excluding hydrogens is 232 g/mol. The SMILES string of the molecule is CCCC1(CN2CCc3ccccc32)CCNCC1. The second-order valence-electron chi connectivity index (χ2n) is 6.30. The number of hydrogen-bond acceptors (Lipinski definition) is 2. The summed E-state index contributed by atoms with van der Waals surface area (Å²) in [6, 6.07) is 8.97. The normalized spacial score (nSPS) is 21.4. The van der Waals surface area contributed by atoms with Gasteiger partial charge in [0.1, 0.15) is 0 Å². The number of fused-ring (bicyclic) bond motifs is 1. The van der Waals surface area contributed by atoms with E-state index in [9.17, 15) is 0 Å². The minimum absolute atomic E-state index is 0.553. The van der Waals surface area contributed by atoms with Crippen LogP contribution in [0.5, 0.6) is 0 Å². The molecule has 0 radical (unpaired) electrons. The van der Waals surface area contributed by atoms with Crippen molar-refractivity contribution in [3.63, 3.8) is 0 Å². The van der Waals surface area contributed by atoms with Crippen molar-refractivity contribution in [1.82, 2.24) is 5.32 Å². The molecule has 2 nitrogen and oxygen atoms in total. The van der Waals surface area contributed by atoms with E-state index in [-0.39, 0.29) is 0 Å². The van der Waals surface area contributed by atoms with Gasteiger partial charge in [-0.2, -0.15) is 0 Å². The van der Waals surface area contributed by atoms with Crippen LogP contribution in [0.25, 0.3) is 0 Å². The summed E-state index contributed by atoms with van der Waals surface area (Å²) >= 11 is 0. The zero-order valence-electron chi connectivity index (χ0n) is 12.1. The summed E-state index contributed by atoms with van der Waals surface area (Å²) in [7, 11) is 0. The molecule has 1 aromatic rings. The molecule has 0 atom stereocenters. The van der Waals surface area contributed by atoms with Gasteiger partial charge in [0.15, 0.2) is 0 Å². The number of nitrogens with one attached hydrogen (secondary N) is 1. The molecule has 0 amide bonds. The van der Waals surface area contributed by atoms with Gasteiger partial charge in [0.2, 0.25) is 0 Å². The van der Waals surface area contributed by atoms with E-state index in [1.807, 2.05) is 0 Å². The fraction of sp³-hybridized carbons (Fsp3) is 0.647. The fourth-order valence-corrected chi connectivity index (χ4v) is 3.95. The van der Waals surface area contributed by atoms with E-state index in [0.29, 0.717) is 5.41 Å². The highest BCUT2D eigenvalue weighted by molar-refractivity contribution is 5.57. The highest BCUT2D eigenvalue weighted by Crippen LogP contribution is 2.38. The molecule has 104 valence electrons. The maximum atomic E-state index is 3.52. The number of rotatable bonds is 4. The third-order valence-corrected chi connectivity index (χ3v) is 4.95. The summed E-state index contributed by atoms with van der Waals surface area (Å²) in [6.45, 7) is 7.23. The first-order chi connectivity index (χ1) is 9.33. The van der Waals surface area contributed by atoms with Crippen molar-refractivity contribution in [3.05, 3.63) is 29.8 Å². The number of nitrogens with zero attached hydrogens (tertiary/aromatic N) is 1. The predicted octanol–water partition coefficient (Wildman–Crippen LogP) is 3.22. The minimum Gasteiger partial charge on any atom is -0.370 e. The van der Waals surface area contributed by atoms with Gasteiger partial charge < -0.3 is 10.2 Å². The van der Waals surface area contributed by atoms with Crippen molar-refractivity contribution in [3.8, 4) is 0 Å². The lowest BCUT2D eigenvalue weighted by atomic mass is 9.75. The average Bonchev–Trinajstić information content (AvgIpc) is 2.83. The molecule has 1 saturated heterocycles. The van der Waals surface area contributed by atoms with E-state index >= 15 is 0 Å². The van der Waals surface area contributed by atoms with Crippen molar-refractivity contribution in [2.45, 2.75) is 39.0 Å². The smallest absolute Gasteiger partial charge is 0.0399 e. The Labute approximate surface area is 117 Å². The van der Waals surface area contributed by atoms with Crippen LogP contribution in [0.15, 0.2) is 24.3 Å². The number of para-hydroxylation sites is 1. The Morgan fingerprint density at radius 3 is 2.79 bits per heavy atom. The summed E-state index contributed by atoms with van der Waals surface area (Å²) in [5, 5.41) is 3.52. The first-order valence-corrected chi connectivity index (χ1v) is 7.87. The Hall–Kier alpha value is -1.02. The highest BCUT2D eigenvalue weighted by Gasteiger charge is 2.34. The van der Waals surface area contributed by atoms with Crippen LogP contribution in [0.2, 0.25) is 0 Å². The van der Waals surface area contributed by atoms with Gasteiger partial charge in [-0.1, -0.05) is 31.5 Å². The molecule has 2 heteroatoms. The zero-order valence-corrected chi connectivity index (χ0v) is 12.1. The van der Waals surface area contributed by atoms with Gasteiger partial charge in [-0.25, -0.2) is 0 Å². The molecule has 0 spiro atoms. The van der Waals surface area contributed by atoms with Crippen molar-refractivity contribution in [2.24, 2.45) is 5.41 Å². The molecule has 0 aliphatic carbocycles. The van der Waals surface area contributed by atoms with E-state index in [1.165, 1.54) is 64.0 Å². The third kappa shape index (κ3) is 2.64. The summed E-state index contributed by atoms with van der Waals surface area (Å²) in [5.74, 6) is 0. The first-order valence-electron chi connectivity index (χ1n) is 7.87. The predicted molar refractivity (Wildman–Crippen MR) is 81.8 cm³/mol. The maximum Gasteiger partial charge on any atom is 0.0399 e. The Balaban J connectivity index is 1.76. The van der Waals surface area contributed by atoms with Gasteiger partial charge in [-0.15, -0.1) is 0 Å². The molecule has 2 aliphatic rings. The summed E-state index contributed by atoms with van der Waals surface area (Å²) in [6.07, 6.45) is 6.62. The van der Waals surface area contributed by atoms with Crippen molar-refractivity contribution in [1.29, 1.82) is 0 Å². The molecule has 0 unspecified atom stereocenters. The van der Waals surface area contributed by atoms with Crippen LogP contribution in [0.4, 0.5) is 5.69 Å². The van der Waals surface area contributed by atoms with Crippen molar-refractivity contribution in [2.75, 3.05) is 31.1 Å². The van der Waals surface area contributed by atoms with Crippen LogP contribution >= 0.6 is 0 Å². The lowest BCUT2D eigenvalue weighted by molar-refractivity contribution is 0.189. The molecule has 3 rings (SSSR count). The van der Waals surface area contributed by atoms with Crippen LogP contribution in [-0.4, -0.2) is 26.2 Å². The molecular formula is C17H26N2. The first kappa shape index (κ1) is 13.0. The van der Waals surface area contributed by atoms with Gasteiger partial charge in [0.05, 0.1) is 0 Å². The van der Waals surface area contributed by atoms with Crippen LogP contribution in [0.3, 0.4) is 0 Å². The van der Waals surface area contributed by atoms with Gasteiger partial charge in [0.25, 0.3) is 0 Å². The van der Waals surface area contributed by atoms with Crippen LogP contribution in [0.1, 0.15) is 38.2 Å². The summed E-state index contributed by atoms with van der Waals surface area (Å²) in [5.41, 5.74) is 3.59. The second-order valence-corrected chi connectivity index (χ2v) is 6.30. The molecule has 1 aromatic carbocycles. The Bertz CT molecular complexity index is 416. The number of benzene rings is 1. The van der Waals surface area contributed by atoms with E-state index in [0.717, 1.165) is 0 Å². The molecule has 0 saturated carbocycles. The standard InChI is InChI=1S/C17H26N2/c1-2-8-17(9-11-18-12-10-17)14-19-13-7-15-5-3-4-6-16(15)19/h3-6,18H,2,7-14H2,1H3. The average molecular weight is 258 g/mol. The zero-order chi connectivity index (χ0) is 13.1. The monoisotopic (exact) mass is 258 g/mol.